The molecule has 106 valence electrons. The molecule has 1 atom stereocenters. The minimum Gasteiger partial charge on any atom is -0.805 e. The second-order valence-corrected chi connectivity index (χ2v) is 4.96. The van der Waals surface area contributed by atoms with E-state index < -0.39 is 5.79 Å². The zero-order valence-electron chi connectivity index (χ0n) is 11.5. The second kappa shape index (κ2) is 4.57. The summed E-state index contributed by atoms with van der Waals surface area (Å²) in [4.78, 5) is 12.6. The number of rotatable bonds is 3. The Hall–Kier alpha value is -1.92. The number of hydrogen-bond donors (Lipinski definition) is 0. The molecular weight excluding hydrogens is 260 g/mol. The average Bonchev–Trinajstić information content (AvgIpc) is 2.81. The lowest BCUT2D eigenvalue weighted by molar-refractivity contribution is -0.498. The molecule has 0 aliphatic carbocycles. The van der Waals surface area contributed by atoms with Gasteiger partial charge in [-0.2, -0.15) is 0 Å². The van der Waals surface area contributed by atoms with Crippen LogP contribution < -0.4 is 4.43 Å². The summed E-state index contributed by atoms with van der Waals surface area (Å²) in [6.45, 7) is 4.18. The number of benzene rings is 1. The van der Waals surface area contributed by atoms with Crippen LogP contribution in [0, 0.1) is 10.1 Å². The number of nitrogens with zero attached hydrogens (tertiary/aromatic N) is 2. The smallest absolute Gasteiger partial charge is 0.320 e. The molecule has 0 spiro atoms. The molecule has 2 aromatic rings. The highest BCUT2D eigenvalue weighted by Crippen LogP contribution is 2.35. The fourth-order valence-corrected chi connectivity index (χ4v) is 2.54. The van der Waals surface area contributed by atoms with Gasteiger partial charge in [-0.1, -0.05) is 19.1 Å². The third kappa shape index (κ3) is 1.72. The number of hydrogen-bond acceptors (Lipinski definition) is 4. The summed E-state index contributed by atoms with van der Waals surface area (Å²) in [7, 11) is 0. The zero-order chi connectivity index (χ0) is 14.3. The van der Waals surface area contributed by atoms with Gasteiger partial charge in [-0.05, 0) is 12.5 Å². The van der Waals surface area contributed by atoms with Crippen LogP contribution in [0.25, 0.3) is 11.0 Å². The van der Waals surface area contributed by atoms with Crippen molar-refractivity contribution in [2.24, 2.45) is 0 Å². The third-order valence-electron chi connectivity index (χ3n) is 3.54. The highest BCUT2D eigenvalue weighted by atomic mass is 16.7. The molecule has 0 saturated heterocycles. The molecule has 0 fully saturated rings. The molecule has 6 nitrogen and oxygen atoms in total. The third-order valence-corrected chi connectivity index (χ3v) is 3.54. The van der Waals surface area contributed by atoms with Crippen molar-refractivity contribution in [2.75, 3.05) is 6.61 Å². The summed E-state index contributed by atoms with van der Waals surface area (Å²) in [5, 5.41) is 12.4. The Balaban J connectivity index is 2.28. The average molecular weight is 276 g/mol. The normalized spacial score (nSPS) is 21.3. The van der Waals surface area contributed by atoms with Crippen LogP contribution in [-0.2, 0) is 21.9 Å². The van der Waals surface area contributed by atoms with Gasteiger partial charge in [-0.15, -0.1) is 0 Å². The van der Waals surface area contributed by atoms with Gasteiger partial charge in [0, 0.05) is 17.9 Å². The second-order valence-electron chi connectivity index (χ2n) is 4.96. The van der Waals surface area contributed by atoms with Crippen LogP contribution in [0.15, 0.2) is 24.3 Å². The highest BCUT2D eigenvalue weighted by molar-refractivity contribution is 5.72. The summed E-state index contributed by atoms with van der Waals surface area (Å²) in [6.07, 6.45) is 0.804. The van der Waals surface area contributed by atoms with Gasteiger partial charge in [0.05, 0.1) is 17.6 Å². The standard InChI is InChI=1S/C14H16N2O4/c1-3-8-19-14(2)13-12(9-20-14)15(17)10-6-4-5-7-11(10)16(13)18/h4-7H,3,8-9H2,1-2H3. The Morgan fingerprint density at radius 2 is 2.25 bits per heavy atom. The Bertz CT molecular complexity index is 725. The Kier molecular flexibility index (Phi) is 2.99. The monoisotopic (exact) mass is 276 g/mol. The highest BCUT2D eigenvalue weighted by Gasteiger charge is 2.48. The minimum absolute atomic E-state index is 0.0755. The van der Waals surface area contributed by atoms with Crippen LogP contribution in [0.2, 0.25) is 0 Å². The number of para-hydroxylation sites is 2. The molecule has 6 heteroatoms. The zero-order valence-corrected chi connectivity index (χ0v) is 11.5. The fraction of sp³-hybridized carbons (Fsp3) is 0.429. The first kappa shape index (κ1) is 13.1. The minimum atomic E-state index is -1.16. The molecular formula is C14H16N2O4. The van der Waals surface area contributed by atoms with Gasteiger partial charge >= 0.3 is 5.69 Å². The van der Waals surface area contributed by atoms with Gasteiger partial charge in [-0.25, -0.2) is 0 Å². The van der Waals surface area contributed by atoms with Crippen LogP contribution >= 0.6 is 0 Å². The Morgan fingerprint density at radius 3 is 3.00 bits per heavy atom. The van der Waals surface area contributed by atoms with Gasteiger partial charge in [0.2, 0.25) is 0 Å². The predicted octanol–water partition coefficient (Wildman–Crippen LogP) is 2.03. The van der Waals surface area contributed by atoms with E-state index in [0.29, 0.717) is 23.3 Å². The lowest BCUT2D eigenvalue weighted by atomic mass is 10.2. The van der Waals surface area contributed by atoms with Crippen molar-refractivity contribution in [3.05, 3.63) is 45.8 Å². The van der Waals surface area contributed by atoms with Crippen molar-refractivity contribution in [1.82, 2.24) is 4.73 Å². The van der Waals surface area contributed by atoms with Crippen LogP contribution in [0.4, 0.5) is 0 Å². The van der Waals surface area contributed by atoms with Crippen molar-refractivity contribution in [3.8, 4) is 0 Å². The molecule has 3 rings (SSSR count). The van der Waals surface area contributed by atoms with E-state index in [1.165, 1.54) is 0 Å². The molecule has 0 saturated carbocycles. The van der Waals surface area contributed by atoms with Crippen LogP contribution in [0.5, 0.6) is 0 Å². The summed E-state index contributed by atoms with van der Waals surface area (Å²) in [5.74, 6) is -1.16. The molecule has 0 amide bonds. The Labute approximate surface area is 115 Å². The van der Waals surface area contributed by atoms with Gasteiger partial charge < -0.3 is 19.4 Å². The van der Waals surface area contributed by atoms with Crippen molar-refractivity contribution in [1.29, 1.82) is 0 Å². The van der Waals surface area contributed by atoms with Crippen LogP contribution in [0.1, 0.15) is 31.7 Å². The van der Waals surface area contributed by atoms with E-state index in [2.05, 4.69) is 0 Å². The van der Waals surface area contributed by atoms with E-state index in [0.717, 1.165) is 15.6 Å². The molecule has 1 aliphatic rings. The van der Waals surface area contributed by atoms with E-state index in [1.807, 2.05) is 6.92 Å². The molecule has 0 bridgehead atoms. The summed E-state index contributed by atoms with van der Waals surface area (Å²) in [5.41, 5.74) is 1.22. The molecule has 1 aromatic heterocycles. The SMILES string of the molecule is CCCOC1(C)OCc2c1[n+](=O)c1ccccc1n2[O-]. The largest absolute Gasteiger partial charge is 0.805 e. The lowest BCUT2D eigenvalue weighted by Gasteiger charge is -2.20. The number of ether oxygens (including phenoxy) is 2. The fourth-order valence-electron chi connectivity index (χ4n) is 2.54. The van der Waals surface area contributed by atoms with Gasteiger partial charge in [0.25, 0.3) is 11.3 Å². The quantitative estimate of drug-likeness (QED) is 0.804. The maximum atomic E-state index is 12.6. The van der Waals surface area contributed by atoms with E-state index >= 15 is 0 Å². The van der Waals surface area contributed by atoms with E-state index in [9.17, 15) is 10.1 Å². The summed E-state index contributed by atoms with van der Waals surface area (Å²) < 4.78 is 12.8. The predicted molar refractivity (Wildman–Crippen MR) is 72.5 cm³/mol. The maximum absolute atomic E-state index is 12.6. The van der Waals surface area contributed by atoms with Crippen LogP contribution in [-0.4, -0.2) is 11.3 Å². The van der Waals surface area contributed by atoms with Crippen LogP contribution in [0.3, 0.4) is 0 Å². The molecule has 2 heterocycles. The van der Waals surface area contributed by atoms with Crippen molar-refractivity contribution >= 4 is 11.0 Å². The molecule has 20 heavy (non-hydrogen) atoms. The number of fused-ring (bicyclic) bond motifs is 2. The number of aromatic nitrogens is 2. The van der Waals surface area contributed by atoms with Crippen molar-refractivity contribution < 1.29 is 13.9 Å². The molecule has 1 aliphatic heterocycles. The summed E-state index contributed by atoms with van der Waals surface area (Å²) >= 11 is 0. The van der Waals surface area contributed by atoms with Gasteiger partial charge in [-0.3, -0.25) is 0 Å². The van der Waals surface area contributed by atoms with E-state index in [1.54, 1.807) is 31.2 Å². The molecule has 0 N–H and O–H groups in total. The molecule has 1 unspecified atom stereocenters. The van der Waals surface area contributed by atoms with E-state index in [4.69, 9.17) is 9.47 Å². The van der Waals surface area contributed by atoms with Crippen molar-refractivity contribution in [3.63, 3.8) is 0 Å². The lowest BCUT2D eigenvalue weighted by Crippen LogP contribution is -2.37. The first-order chi connectivity index (χ1) is 9.58. The van der Waals surface area contributed by atoms with E-state index in [-0.39, 0.29) is 12.3 Å². The van der Waals surface area contributed by atoms with Gasteiger partial charge in [0.15, 0.2) is 0 Å². The van der Waals surface area contributed by atoms with Gasteiger partial charge in [0.1, 0.15) is 11.2 Å². The molecule has 0 radical (unpaired) electrons. The first-order valence-electron chi connectivity index (χ1n) is 6.63. The topological polar surface area (TPSA) is 69.4 Å². The summed E-state index contributed by atoms with van der Waals surface area (Å²) in [6, 6.07) is 6.70. The first-order valence-corrected chi connectivity index (χ1v) is 6.63. The maximum Gasteiger partial charge on any atom is 0.320 e. The van der Waals surface area contributed by atoms with Crippen molar-refractivity contribution in [2.45, 2.75) is 32.7 Å². The Morgan fingerprint density at radius 1 is 1.50 bits per heavy atom. The molecule has 1 aromatic carbocycles.